The van der Waals surface area contributed by atoms with Crippen LogP contribution in [0.15, 0.2) is 65.6 Å². The third-order valence-corrected chi connectivity index (χ3v) is 6.46. The molecule has 0 saturated heterocycles. The molecule has 0 amide bonds. The van der Waals surface area contributed by atoms with Gasteiger partial charge in [0.25, 0.3) is 0 Å². The molecule has 1 heterocycles. The maximum absolute atomic E-state index is 12.8. The zero-order valence-electron chi connectivity index (χ0n) is 19.2. The SMILES string of the molecule is C=C1CC(C(=O)OC)(C(=O)OC)Cc2oc(-c3ccc(Cl)cc3)c(C(OC)c3ccccc3)c21. The van der Waals surface area contributed by atoms with Crippen molar-refractivity contribution >= 4 is 29.1 Å². The topological polar surface area (TPSA) is 75.0 Å². The molecule has 3 aromatic rings. The molecule has 2 aromatic carbocycles. The van der Waals surface area contributed by atoms with Gasteiger partial charge < -0.3 is 18.6 Å². The lowest BCUT2D eigenvalue weighted by Crippen LogP contribution is -2.45. The number of rotatable bonds is 6. The number of hydrogen-bond donors (Lipinski definition) is 0. The van der Waals surface area contributed by atoms with Crippen LogP contribution in [0.4, 0.5) is 0 Å². The molecule has 34 heavy (non-hydrogen) atoms. The number of furan rings is 1. The number of hydrogen-bond acceptors (Lipinski definition) is 6. The third-order valence-electron chi connectivity index (χ3n) is 6.21. The predicted molar refractivity (Wildman–Crippen MR) is 128 cm³/mol. The largest absolute Gasteiger partial charge is 0.468 e. The Labute approximate surface area is 203 Å². The van der Waals surface area contributed by atoms with Crippen LogP contribution in [-0.4, -0.2) is 33.3 Å². The number of fused-ring (bicyclic) bond motifs is 1. The molecule has 1 aliphatic carbocycles. The van der Waals surface area contributed by atoms with E-state index in [1.165, 1.54) is 14.2 Å². The van der Waals surface area contributed by atoms with Crippen molar-refractivity contribution in [3.63, 3.8) is 0 Å². The molecule has 1 aliphatic rings. The summed E-state index contributed by atoms with van der Waals surface area (Å²) in [5.41, 5.74) is 2.21. The molecule has 1 aromatic heterocycles. The minimum atomic E-state index is -1.57. The first-order valence-corrected chi connectivity index (χ1v) is 11.1. The van der Waals surface area contributed by atoms with E-state index < -0.39 is 23.5 Å². The third kappa shape index (κ3) is 3.93. The van der Waals surface area contributed by atoms with E-state index in [1.54, 1.807) is 19.2 Å². The van der Waals surface area contributed by atoms with Gasteiger partial charge in [0, 0.05) is 35.2 Å². The van der Waals surface area contributed by atoms with Crippen LogP contribution < -0.4 is 0 Å². The van der Waals surface area contributed by atoms with E-state index in [0.717, 1.165) is 22.3 Å². The molecule has 0 spiro atoms. The van der Waals surface area contributed by atoms with Crippen molar-refractivity contribution in [2.45, 2.75) is 18.9 Å². The van der Waals surface area contributed by atoms with Crippen LogP contribution in [0.5, 0.6) is 0 Å². The zero-order chi connectivity index (χ0) is 24.5. The first-order valence-electron chi connectivity index (χ1n) is 10.7. The molecule has 0 radical (unpaired) electrons. The fraction of sp³-hybridized carbons (Fsp3) is 0.259. The second-order valence-corrected chi connectivity index (χ2v) is 8.64. The average Bonchev–Trinajstić information content (AvgIpc) is 3.24. The van der Waals surface area contributed by atoms with E-state index in [2.05, 4.69) is 6.58 Å². The molecule has 0 saturated carbocycles. The summed E-state index contributed by atoms with van der Waals surface area (Å²) in [5, 5.41) is 0.591. The van der Waals surface area contributed by atoms with E-state index in [4.69, 9.17) is 30.2 Å². The number of carbonyl (C=O) groups excluding carboxylic acids is 2. The van der Waals surface area contributed by atoms with Crippen molar-refractivity contribution in [2.75, 3.05) is 21.3 Å². The molecule has 0 N–H and O–H groups in total. The summed E-state index contributed by atoms with van der Waals surface area (Å²) in [7, 11) is 4.12. The van der Waals surface area contributed by atoms with Crippen LogP contribution in [0.1, 0.15) is 35.0 Å². The summed E-state index contributed by atoms with van der Waals surface area (Å²) < 4.78 is 22.3. The molecule has 0 aliphatic heterocycles. The van der Waals surface area contributed by atoms with Gasteiger partial charge in [-0.2, -0.15) is 0 Å². The maximum atomic E-state index is 12.8. The van der Waals surface area contributed by atoms with Gasteiger partial charge in [-0.1, -0.05) is 48.5 Å². The minimum absolute atomic E-state index is 0.0213. The van der Waals surface area contributed by atoms with Gasteiger partial charge in [-0.15, -0.1) is 0 Å². The second-order valence-electron chi connectivity index (χ2n) is 8.20. The first kappa shape index (κ1) is 23.8. The van der Waals surface area contributed by atoms with Crippen molar-refractivity contribution in [3.05, 3.63) is 88.6 Å². The lowest BCUT2D eigenvalue weighted by molar-refractivity contribution is -0.169. The molecule has 1 atom stereocenters. The molecule has 176 valence electrons. The Morgan fingerprint density at radius 3 is 2.15 bits per heavy atom. The van der Waals surface area contributed by atoms with Crippen LogP contribution >= 0.6 is 11.6 Å². The Balaban J connectivity index is 1.97. The van der Waals surface area contributed by atoms with Crippen LogP contribution in [-0.2, 0) is 30.2 Å². The van der Waals surface area contributed by atoms with Gasteiger partial charge in [0.15, 0.2) is 5.41 Å². The smallest absolute Gasteiger partial charge is 0.324 e. The number of benzene rings is 2. The normalized spacial score (nSPS) is 15.4. The van der Waals surface area contributed by atoms with Gasteiger partial charge in [0.05, 0.1) is 14.2 Å². The van der Waals surface area contributed by atoms with E-state index in [9.17, 15) is 9.59 Å². The van der Waals surface area contributed by atoms with Crippen LogP contribution in [0.2, 0.25) is 5.02 Å². The summed E-state index contributed by atoms with van der Waals surface area (Å²) in [6, 6.07) is 17.0. The highest BCUT2D eigenvalue weighted by Crippen LogP contribution is 2.50. The monoisotopic (exact) mass is 480 g/mol. The number of methoxy groups -OCH3 is 3. The number of ether oxygens (including phenoxy) is 3. The van der Waals surface area contributed by atoms with Gasteiger partial charge in [-0.05, 0) is 41.8 Å². The highest BCUT2D eigenvalue weighted by Gasteiger charge is 2.53. The van der Waals surface area contributed by atoms with E-state index >= 15 is 0 Å². The van der Waals surface area contributed by atoms with Gasteiger partial charge in [0.2, 0.25) is 0 Å². The van der Waals surface area contributed by atoms with Gasteiger partial charge >= 0.3 is 11.9 Å². The molecule has 0 bridgehead atoms. The standard InChI is InChI=1S/C27H25ClO6/c1-16-14-27(25(29)32-3,26(30)33-4)15-20-21(16)22(23(31-2)17-8-6-5-7-9-17)24(34-20)18-10-12-19(28)13-11-18/h5-13,23H,1,14-15H2,2-4H3. The molecule has 1 unspecified atom stereocenters. The van der Waals surface area contributed by atoms with E-state index in [1.807, 2.05) is 42.5 Å². The van der Waals surface area contributed by atoms with Gasteiger partial charge in [-0.3, -0.25) is 9.59 Å². The molecule has 0 fully saturated rings. The van der Waals surface area contributed by atoms with Crippen LogP contribution in [0.3, 0.4) is 0 Å². The molecule has 6 nitrogen and oxygen atoms in total. The van der Waals surface area contributed by atoms with E-state index in [-0.39, 0.29) is 12.8 Å². The summed E-state index contributed by atoms with van der Waals surface area (Å²) in [6.07, 6.45) is -0.455. The van der Waals surface area contributed by atoms with E-state index in [0.29, 0.717) is 22.1 Å². The summed E-state index contributed by atoms with van der Waals surface area (Å²) in [6.45, 7) is 4.22. The van der Waals surface area contributed by atoms with Crippen molar-refractivity contribution in [1.82, 2.24) is 0 Å². The Kier molecular flexibility index (Phi) is 6.64. The van der Waals surface area contributed by atoms with Crippen molar-refractivity contribution < 1.29 is 28.2 Å². The number of halogens is 1. The van der Waals surface area contributed by atoms with Crippen LogP contribution in [0, 0.1) is 5.41 Å². The Morgan fingerprint density at radius 1 is 0.971 bits per heavy atom. The van der Waals surface area contributed by atoms with Crippen molar-refractivity contribution in [3.8, 4) is 11.3 Å². The predicted octanol–water partition coefficient (Wildman–Crippen LogP) is 5.63. The maximum Gasteiger partial charge on any atom is 0.324 e. The zero-order valence-corrected chi connectivity index (χ0v) is 20.0. The Hall–Kier alpha value is -3.35. The molecular weight excluding hydrogens is 456 g/mol. The summed E-state index contributed by atoms with van der Waals surface area (Å²) in [5.74, 6) is -0.374. The van der Waals surface area contributed by atoms with Crippen molar-refractivity contribution in [1.29, 1.82) is 0 Å². The highest BCUT2D eigenvalue weighted by molar-refractivity contribution is 6.30. The molecular formula is C27H25ClO6. The lowest BCUT2D eigenvalue weighted by Gasteiger charge is -2.32. The number of esters is 2. The number of carbonyl (C=O) groups is 2. The Bertz CT molecular complexity index is 1210. The Morgan fingerprint density at radius 2 is 1.59 bits per heavy atom. The minimum Gasteiger partial charge on any atom is -0.468 e. The fourth-order valence-corrected chi connectivity index (χ4v) is 4.80. The first-order chi connectivity index (χ1) is 16.4. The number of allylic oxidation sites excluding steroid dienone is 1. The summed E-state index contributed by atoms with van der Waals surface area (Å²) in [4.78, 5) is 25.6. The molecule has 4 rings (SSSR count). The second kappa shape index (κ2) is 9.49. The van der Waals surface area contributed by atoms with Crippen LogP contribution in [0.25, 0.3) is 16.9 Å². The molecule has 7 heteroatoms. The fourth-order valence-electron chi connectivity index (χ4n) is 4.67. The highest BCUT2D eigenvalue weighted by atomic mass is 35.5. The average molecular weight is 481 g/mol. The van der Waals surface area contributed by atoms with Gasteiger partial charge in [-0.25, -0.2) is 0 Å². The summed E-state index contributed by atoms with van der Waals surface area (Å²) >= 11 is 6.12. The quantitative estimate of drug-likeness (QED) is 0.336. The van der Waals surface area contributed by atoms with Gasteiger partial charge in [0.1, 0.15) is 17.6 Å². The lowest BCUT2D eigenvalue weighted by atomic mass is 9.70. The van der Waals surface area contributed by atoms with Crippen molar-refractivity contribution in [2.24, 2.45) is 5.41 Å².